The van der Waals surface area contributed by atoms with Gasteiger partial charge in [0, 0.05) is 18.8 Å². The van der Waals surface area contributed by atoms with Crippen LogP contribution in [0.3, 0.4) is 0 Å². The Balaban J connectivity index is 2.07. The smallest absolute Gasteiger partial charge is 0.175 e. The third-order valence-electron chi connectivity index (χ3n) is 2.35. The molecule has 0 aliphatic carbocycles. The topological polar surface area (TPSA) is 55.6 Å². The van der Waals surface area contributed by atoms with Crippen LogP contribution in [0.15, 0.2) is 24.4 Å². The number of aryl methyl sites for hydroxylation is 1. The third kappa shape index (κ3) is 3.10. The van der Waals surface area contributed by atoms with Crippen molar-refractivity contribution >= 4 is 0 Å². The molecular formula is C12H17N5. The van der Waals surface area contributed by atoms with Gasteiger partial charge in [0.15, 0.2) is 5.82 Å². The summed E-state index contributed by atoms with van der Waals surface area (Å²) in [6.45, 7) is 6.90. The van der Waals surface area contributed by atoms with Gasteiger partial charge >= 0.3 is 0 Å². The summed E-state index contributed by atoms with van der Waals surface area (Å²) in [6.07, 6.45) is 1.88. The molecule has 0 aliphatic rings. The summed E-state index contributed by atoms with van der Waals surface area (Å²) in [5, 5.41) is 15.9. The van der Waals surface area contributed by atoms with Crippen LogP contribution in [0.2, 0.25) is 0 Å². The zero-order valence-corrected chi connectivity index (χ0v) is 10.4. The van der Waals surface area contributed by atoms with Gasteiger partial charge in [0.1, 0.15) is 0 Å². The molecular weight excluding hydrogens is 214 g/mol. The summed E-state index contributed by atoms with van der Waals surface area (Å²) in [6, 6.07) is 6.28. The molecule has 2 rings (SSSR count). The Morgan fingerprint density at radius 3 is 2.59 bits per heavy atom. The van der Waals surface area contributed by atoms with Crippen LogP contribution >= 0.6 is 0 Å². The first-order chi connectivity index (χ1) is 8.15. The number of nitrogens with zero attached hydrogens (tertiary/aromatic N) is 4. The molecule has 0 saturated heterocycles. The van der Waals surface area contributed by atoms with Crippen LogP contribution in [0.1, 0.15) is 25.2 Å². The summed E-state index contributed by atoms with van der Waals surface area (Å²) in [7, 11) is 0. The van der Waals surface area contributed by atoms with E-state index in [2.05, 4.69) is 34.5 Å². The highest BCUT2D eigenvalue weighted by atomic mass is 15.3. The minimum atomic E-state index is 0.449. The molecule has 0 atom stereocenters. The van der Waals surface area contributed by atoms with Crippen LogP contribution in [0.25, 0.3) is 5.82 Å². The zero-order valence-electron chi connectivity index (χ0n) is 10.4. The van der Waals surface area contributed by atoms with Gasteiger partial charge in [-0.1, -0.05) is 13.8 Å². The van der Waals surface area contributed by atoms with Crippen molar-refractivity contribution in [1.29, 1.82) is 0 Å². The Labute approximate surface area is 101 Å². The summed E-state index contributed by atoms with van der Waals surface area (Å²) in [5.74, 6) is 0.742. The first-order valence-electron chi connectivity index (χ1n) is 5.74. The van der Waals surface area contributed by atoms with Crippen molar-refractivity contribution < 1.29 is 0 Å². The van der Waals surface area contributed by atoms with Crippen molar-refractivity contribution in [2.75, 3.05) is 0 Å². The quantitative estimate of drug-likeness (QED) is 0.865. The second-order valence-electron chi connectivity index (χ2n) is 4.32. The van der Waals surface area contributed by atoms with E-state index in [4.69, 9.17) is 0 Å². The van der Waals surface area contributed by atoms with Crippen LogP contribution in [0.5, 0.6) is 0 Å². The average molecular weight is 231 g/mol. The maximum absolute atomic E-state index is 4.28. The zero-order chi connectivity index (χ0) is 12.3. The van der Waals surface area contributed by atoms with E-state index in [0.29, 0.717) is 6.04 Å². The van der Waals surface area contributed by atoms with E-state index in [9.17, 15) is 0 Å². The lowest BCUT2D eigenvalue weighted by atomic mass is 10.3. The second-order valence-corrected chi connectivity index (χ2v) is 4.32. The number of rotatable bonds is 4. The van der Waals surface area contributed by atoms with E-state index in [-0.39, 0.29) is 0 Å². The second kappa shape index (κ2) is 5.05. The number of hydrogen-bond acceptors (Lipinski definition) is 4. The average Bonchev–Trinajstić information content (AvgIpc) is 2.74. The van der Waals surface area contributed by atoms with Crippen molar-refractivity contribution in [2.24, 2.45) is 0 Å². The van der Waals surface area contributed by atoms with Gasteiger partial charge in [-0.15, -0.1) is 5.10 Å². The molecule has 1 N–H and O–H groups in total. The van der Waals surface area contributed by atoms with Gasteiger partial charge < -0.3 is 5.32 Å². The molecule has 0 unspecified atom stereocenters. The van der Waals surface area contributed by atoms with Gasteiger partial charge in [-0.25, -0.2) is 4.68 Å². The van der Waals surface area contributed by atoms with Crippen molar-refractivity contribution in [1.82, 2.24) is 25.3 Å². The van der Waals surface area contributed by atoms with Crippen LogP contribution in [-0.4, -0.2) is 26.0 Å². The van der Waals surface area contributed by atoms with Crippen LogP contribution in [0.4, 0.5) is 0 Å². The van der Waals surface area contributed by atoms with E-state index in [1.54, 1.807) is 4.68 Å². The molecule has 2 heterocycles. The summed E-state index contributed by atoms with van der Waals surface area (Å²) in [5.41, 5.74) is 1.91. The van der Waals surface area contributed by atoms with Crippen molar-refractivity contribution in [2.45, 2.75) is 33.4 Å². The molecule has 0 bridgehead atoms. The van der Waals surface area contributed by atoms with Crippen molar-refractivity contribution in [3.8, 4) is 5.82 Å². The molecule has 90 valence electrons. The SMILES string of the molecule is Cc1ccn(-c2ccc(CNC(C)C)nn2)n1. The highest BCUT2D eigenvalue weighted by Crippen LogP contribution is 2.03. The van der Waals surface area contributed by atoms with E-state index in [1.807, 2.05) is 31.3 Å². The minimum Gasteiger partial charge on any atom is -0.309 e. The van der Waals surface area contributed by atoms with Crippen LogP contribution in [0, 0.1) is 6.92 Å². The highest BCUT2D eigenvalue weighted by Gasteiger charge is 2.02. The fourth-order valence-corrected chi connectivity index (χ4v) is 1.42. The molecule has 0 radical (unpaired) electrons. The van der Waals surface area contributed by atoms with Gasteiger partial charge in [-0.2, -0.15) is 10.2 Å². The van der Waals surface area contributed by atoms with E-state index in [1.165, 1.54) is 0 Å². The number of nitrogens with one attached hydrogen (secondary N) is 1. The van der Waals surface area contributed by atoms with Gasteiger partial charge in [0.05, 0.1) is 11.4 Å². The molecule has 0 saturated carbocycles. The van der Waals surface area contributed by atoms with E-state index < -0.39 is 0 Å². The summed E-state index contributed by atoms with van der Waals surface area (Å²) >= 11 is 0. The molecule has 5 heteroatoms. The van der Waals surface area contributed by atoms with Crippen LogP contribution in [-0.2, 0) is 6.54 Å². The molecule has 2 aromatic rings. The minimum absolute atomic E-state index is 0.449. The molecule has 17 heavy (non-hydrogen) atoms. The molecule has 2 aromatic heterocycles. The Hall–Kier alpha value is -1.75. The Morgan fingerprint density at radius 1 is 1.24 bits per heavy atom. The van der Waals surface area contributed by atoms with Gasteiger partial charge in [0.2, 0.25) is 0 Å². The lowest BCUT2D eigenvalue weighted by Crippen LogP contribution is -2.22. The largest absolute Gasteiger partial charge is 0.309 e. The Bertz CT molecular complexity index is 472. The van der Waals surface area contributed by atoms with Crippen LogP contribution < -0.4 is 5.32 Å². The predicted octanol–water partition coefficient (Wildman–Crippen LogP) is 1.47. The molecule has 0 aliphatic heterocycles. The Kier molecular flexibility index (Phi) is 3.49. The molecule has 0 fully saturated rings. The monoisotopic (exact) mass is 231 g/mol. The molecule has 0 spiro atoms. The van der Waals surface area contributed by atoms with E-state index >= 15 is 0 Å². The number of hydrogen-bond donors (Lipinski definition) is 1. The summed E-state index contributed by atoms with van der Waals surface area (Å²) in [4.78, 5) is 0. The van der Waals surface area contributed by atoms with Gasteiger partial charge in [-0.3, -0.25) is 0 Å². The van der Waals surface area contributed by atoms with Gasteiger partial charge in [-0.05, 0) is 25.1 Å². The number of aromatic nitrogens is 4. The first-order valence-corrected chi connectivity index (χ1v) is 5.74. The third-order valence-corrected chi connectivity index (χ3v) is 2.35. The summed E-state index contributed by atoms with van der Waals surface area (Å²) < 4.78 is 1.72. The van der Waals surface area contributed by atoms with E-state index in [0.717, 1.165) is 23.8 Å². The van der Waals surface area contributed by atoms with Gasteiger partial charge in [0.25, 0.3) is 0 Å². The standard InChI is InChI=1S/C12H17N5/c1-9(2)13-8-11-4-5-12(15-14-11)17-7-6-10(3)16-17/h4-7,9,13H,8H2,1-3H3. The molecule has 0 aromatic carbocycles. The normalized spacial score (nSPS) is 11.1. The van der Waals surface area contributed by atoms with Crippen molar-refractivity contribution in [3.63, 3.8) is 0 Å². The fraction of sp³-hybridized carbons (Fsp3) is 0.417. The highest BCUT2D eigenvalue weighted by molar-refractivity contribution is 5.21. The van der Waals surface area contributed by atoms with Crippen molar-refractivity contribution in [3.05, 3.63) is 35.8 Å². The molecule has 5 nitrogen and oxygen atoms in total. The first kappa shape index (κ1) is 11.7. The lowest BCUT2D eigenvalue weighted by molar-refractivity contribution is 0.576. The fourth-order valence-electron chi connectivity index (χ4n) is 1.42. The molecule has 0 amide bonds. The lowest BCUT2D eigenvalue weighted by Gasteiger charge is -2.07. The predicted molar refractivity (Wildman–Crippen MR) is 65.9 cm³/mol. The Morgan fingerprint density at radius 2 is 2.06 bits per heavy atom. The maximum atomic E-state index is 4.28. The maximum Gasteiger partial charge on any atom is 0.175 e.